The van der Waals surface area contributed by atoms with Gasteiger partial charge in [0.1, 0.15) is 5.75 Å². The van der Waals surface area contributed by atoms with Crippen LogP contribution in [0.15, 0.2) is 61.7 Å². The fraction of sp³-hybridized carbons (Fsp3) is 0.304. The van der Waals surface area contributed by atoms with Crippen LogP contribution in [0.5, 0.6) is 5.75 Å². The summed E-state index contributed by atoms with van der Waals surface area (Å²) in [5, 5.41) is 0. The van der Waals surface area contributed by atoms with Gasteiger partial charge in [-0.3, -0.25) is 9.59 Å². The van der Waals surface area contributed by atoms with Crippen molar-refractivity contribution in [2.24, 2.45) is 5.92 Å². The number of hydrogen-bond acceptors (Lipinski definition) is 3. The zero-order chi connectivity index (χ0) is 19.5. The summed E-state index contributed by atoms with van der Waals surface area (Å²) >= 11 is 0. The van der Waals surface area contributed by atoms with Gasteiger partial charge in [0.05, 0.1) is 13.5 Å². The second-order valence-corrected chi connectivity index (χ2v) is 6.17. The highest BCUT2D eigenvalue weighted by molar-refractivity contribution is 6.13. The first-order valence-corrected chi connectivity index (χ1v) is 8.82. The van der Waals surface area contributed by atoms with Crippen molar-refractivity contribution in [1.82, 2.24) is 0 Å². The fourth-order valence-corrected chi connectivity index (χ4v) is 2.50. The van der Waals surface area contributed by atoms with E-state index in [1.807, 2.05) is 24.3 Å². The minimum Gasteiger partial charge on any atom is -0.497 e. The molecule has 3 nitrogen and oxygen atoms in total. The molecule has 0 spiro atoms. The lowest BCUT2D eigenvalue weighted by molar-refractivity contribution is 0.0894. The van der Waals surface area contributed by atoms with Crippen LogP contribution in [-0.2, 0) is 6.42 Å². The van der Waals surface area contributed by atoms with E-state index in [9.17, 15) is 9.59 Å². The van der Waals surface area contributed by atoms with E-state index in [1.165, 1.54) is 5.56 Å². The van der Waals surface area contributed by atoms with E-state index in [0.29, 0.717) is 22.8 Å². The molecule has 0 aliphatic carbocycles. The molecule has 0 saturated carbocycles. The number of benzene rings is 2. The van der Waals surface area contributed by atoms with Gasteiger partial charge in [-0.1, -0.05) is 44.5 Å². The number of ketones is 2. The van der Waals surface area contributed by atoms with Crippen molar-refractivity contribution >= 4 is 11.6 Å². The molecule has 0 N–H and O–H groups in total. The molecule has 2 aromatic carbocycles. The van der Waals surface area contributed by atoms with Crippen LogP contribution in [0.1, 0.15) is 53.0 Å². The molecule has 3 heteroatoms. The summed E-state index contributed by atoms with van der Waals surface area (Å²) in [5.74, 6) is 0.996. The smallest absolute Gasteiger partial charge is 0.170 e. The number of hydrogen-bond donors (Lipinski definition) is 0. The number of ether oxygens (including phenoxy) is 1. The third-order valence-electron chi connectivity index (χ3n) is 4.29. The first-order valence-electron chi connectivity index (χ1n) is 8.82. The second kappa shape index (κ2) is 11.0. The molecule has 1 atom stereocenters. The average Bonchev–Trinajstić information content (AvgIpc) is 2.69. The van der Waals surface area contributed by atoms with Crippen LogP contribution in [0.25, 0.3) is 0 Å². The van der Waals surface area contributed by atoms with E-state index >= 15 is 0 Å². The summed E-state index contributed by atoms with van der Waals surface area (Å²) in [6, 6.07) is 14.4. The maximum atomic E-state index is 12.3. The molecule has 1 unspecified atom stereocenters. The molecule has 2 aromatic rings. The predicted molar refractivity (Wildman–Crippen MR) is 107 cm³/mol. The first kappa shape index (κ1) is 21.4. The topological polar surface area (TPSA) is 43.4 Å². The van der Waals surface area contributed by atoms with Gasteiger partial charge < -0.3 is 4.74 Å². The third-order valence-corrected chi connectivity index (χ3v) is 4.29. The molecule has 0 aliphatic rings. The summed E-state index contributed by atoms with van der Waals surface area (Å²) in [5.41, 5.74) is 2.34. The van der Waals surface area contributed by atoms with E-state index < -0.39 is 0 Å². The molecule has 26 heavy (non-hydrogen) atoms. The molecule has 0 radical (unpaired) electrons. The SMILES string of the molecule is C=C.CCC(C)Cc1ccc(C(=O)CC(=O)c2ccc(OC)cc2)cc1. The molecule has 0 aliphatic heterocycles. The Morgan fingerprint density at radius 3 is 1.81 bits per heavy atom. The van der Waals surface area contributed by atoms with Crippen LogP contribution in [0.4, 0.5) is 0 Å². The lowest BCUT2D eigenvalue weighted by atomic mass is 9.96. The molecular weight excluding hydrogens is 324 g/mol. The van der Waals surface area contributed by atoms with Gasteiger partial charge in [0, 0.05) is 11.1 Å². The molecule has 0 bridgehead atoms. The van der Waals surface area contributed by atoms with Gasteiger partial charge in [0.2, 0.25) is 0 Å². The van der Waals surface area contributed by atoms with E-state index in [2.05, 4.69) is 27.0 Å². The third kappa shape index (κ3) is 6.32. The first-order chi connectivity index (χ1) is 12.5. The van der Waals surface area contributed by atoms with Gasteiger partial charge in [0.25, 0.3) is 0 Å². The van der Waals surface area contributed by atoms with Gasteiger partial charge >= 0.3 is 0 Å². The van der Waals surface area contributed by atoms with E-state index in [-0.39, 0.29) is 18.0 Å². The van der Waals surface area contributed by atoms with E-state index in [1.54, 1.807) is 31.4 Å². The maximum Gasteiger partial charge on any atom is 0.170 e. The van der Waals surface area contributed by atoms with Gasteiger partial charge in [-0.2, -0.15) is 0 Å². The number of methoxy groups -OCH3 is 1. The van der Waals surface area contributed by atoms with E-state index in [4.69, 9.17) is 4.74 Å². The minimum atomic E-state index is -0.175. The highest BCUT2D eigenvalue weighted by Crippen LogP contribution is 2.16. The zero-order valence-corrected chi connectivity index (χ0v) is 16.0. The van der Waals surface area contributed by atoms with Crippen LogP contribution in [0, 0.1) is 5.92 Å². The number of carbonyl (C=O) groups is 2. The minimum absolute atomic E-state index is 0.114. The van der Waals surface area contributed by atoms with Crippen molar-refractivity contribution in [1.29, 1.82) is 0 Å². The molecule has 2 rings (SSSR count). The molecule has 138 valence electrons. The molecular formula is C23H28O3. The normalized spacial score (nSPS) is 11.0. The maximum absolute atomic E-state index is 12.3. The van der Waals surface area contributed by atoms with Crippen LogP contribution in [-0.4, -0.2) is 18.7 Å². The highest BCUT2D eigenvalue weighted by Gasteiger charge is 2.14. The van der Waals surface area contributed by atoms with Crippen molar-refractivity contribution in [3.8, 4) is 5.75 Å². The Kier molecular flexibility index (Phi) is 9.07. The van der Waals surface area contributed by atoms with Crippen molar-refractivity contribution in [2.75, 3.05) is 7.11 Å². The Morgan fingerprint density at radius 2 is 1.38 bits per heavy atom. The summed E-state index contributed by atoms with van der Waals surface area (Å²) < 4.78 is 5.07. The molecule has 0 aromatic heterocycles. The Hall–Kier alpha value is -2.68. The van der Waals surface area contributed by atoms with Crippen molar-refractivity contribution < 1.29 is 14.3 Å². The number of rotatable bonds is 8. The van der Waals surface area contributed by atoms with Crippen molar-refractivity contribution in [3.05, 3.63) is 78.4 Å². The lowest BCUT2D eigenvalue weighted by Crippen LogP contribution is -2.09. The Labute approximate surface area is 156 Å². The molecule has 0 saturated heterocycles. The van der Waals surface area contributed by atoms with Crippen LogP contribution < -0.4 is 4.74 Å². The standard InChI is InChI=1S/C21H24O3.C2H4/c1-4-15(2)13-16-5-7-17(8-6-16)20(22)14-21(23)18-9-11-19(24-3)12-10-18;1-2/h5-12,15H,4,13-14H2,1-3H3;1-2H2. The van der Waals surface area contributed by atoms with Gasteiger partial charge in [-0.05, 0) is 42.2 Å². The van der Waals surface area contributed by atoms with Gasteiger partial charge in [0.15, 0.2) is 11.6 Å². The van der Waals surface area contributed by atoms with Gasteiger partial charge in [-0.25, -0.2) is 0 Å². The summed E-state index contributed by atoms with van der Waals surface area (Å²) in [7, 11) is 1.57. The fourth-order valence-electron chi connectivity index (χ4n) is 2.50. The monoisotopic (exact) mass is 352 g/mol. The average molecular weight is 352 g/mol. The number of Topliss-reactive ketones (excluding diaryl/α,β-unsaturated/α-hetero) is 2. The van der Waals surface area contributed by atoms with Crippen molar-refractivity contribution in [2.45, 2.75) is 33.1 Å². The van der Waals surface area contributed by atoms with Crippen LogP contribution >= 0.6 is 0 Å². The van der Waals surface area contributed by atoms with Crippen LogP contribution in [0.3, 0.4) is 0 Å². The largest absolute Gasteiger partial charge is 0.497 e. The Balaban J connectivity index is 0.00000163. The van der Waals surface area contributed by atoms with Gasteiger partial charge in [-0.15, -0.1) is 13.2 Å². The molecule has 0 amide bonds. The predicted octanol–water partition coefficient (Wildman–Crippen LogP) is 5.54. The second-order valence-electron chi connectivity index (χ2n) is 6.17. The highest BCUT2D eigenvalue weighted by atomic mass is 16.5. The Morgan fingerprint density at radius 1 is 0.923 bits per heavy atom. The molecule has 0 fully saturated rings. The summed E-state index contributed by atoms with van der Waals surface area (Å²) in [6.07, 6.45) is 2.03. The van der Waals surface area contributed by atoms with E-state index in [0.717, 1.165) is 12.8 Å². The quantitative estimate of drug-likeness (QED) is 0.356. The Bertz CT molecular complexity index is 699. The summed E-state index contributed by atoms with van der Waals surface area (Å²) in [4.78, 5) is 24.5. The zero-order valence-electron chi connectivity index (χ0n) is 16.0. The van der Waals surface area contributed by atoms with Crippen LogP contribution in [0.2, 0.25) is 0 Å². The lowest BCUT2D eigenvalue weighted by Gasteiger charge is -2.09. The van der Waals surface area contributed by atoms with Crippen molar-refractivity contribution in [3.63, 3.8) is 0 Å². The number of carbonyl (C=O) groups excluding carboxylic acids is 2. The molecule has 0 heterocycles. The summed E-state index contributed by atoms with van der Waals surface area (Å²) in [6.45, 7) is 10.4.